The molecule has 0 unspecified atom stereocenters. The van der Waals surface area contributed by atoms with E-state index in [0.717, 1.165) is 25.2 Å². The molecule has 0 saturated carbocycles. The molecule has 0 radical (unpaired) electrons. The largest absolute Gasteiger partial charge is 0.466 e. The lowest BCUT2D eigenvalue weighted by Gasteiger charge is -2.16. The van der Waals surface area contributed by atoms with Gasteiger partial charge in [-0.15, -0.1) is 0 Å². The van der Waals surface area contributed by atoms with Crippen LogP contribution in [0.25, 0.3) is 0 Å². The van der Waals surface area contributed by atoms with Gasteiger partial charge in [0.05, 0.1) is 6.61 Å². The number of carbonyl (C=O) groups is 1. The van der Waals surface area contributed by atoms with Crippen molar-refractivity contribution < 1.29 is 9.53 Å². The molecule has 0 aliphatic carbocycles. The van der Waals surface area contributed by atoms with Crippen LogP contribution < -0.4 is 0 Å². The second-order valence-corrected chi connectivity index (χ2v) is 6.68. The molecule has 2 nitrogen and oxygen atoms in total. The molecule has 0 spiro atoms. The zero-order valence-corrected chi connectivity index (χ0v) is 15.5. The summed E-state index contributed by atoms with van der Waals surface area (Å²) < 4.78 is 5.43. The standard InChI is InChI=1S/C20H40O2/c1-4-7-10-13-16-20(21)22-18-17-19(14-11-8-5-2)15-12-9-6-3/h19H,4-18H2,1-3H3. The molecule has 0 N–H and O–H groups in total. The topological polar surface area (TPSA) is 26.3 Å². The lowest BCUT2D eigenvalue weighted by atomic mass is 9.92. The van der Waals surface area contributed by atoms with Crippen LogP contribution in [-0.4, -0.2) is 12.6 Å². The minimum absolute atomic E-state index is 0.0111. The fourth-order valence-electron chi connectivity index (χ4n) is 2.91. The van der Waals surface area contributed by atoms with Gasteiger partial charge in [0.15, 0.2) is 0 Å². The first-order valence-corrected chi connectivity index (χ1v) is 9.90. The Morgan fingerprint density at radius 2 is 1.27 bits per heavy atom. The van der Waals surface area contributed by atoms with Gasteiger partial charge in [0.1, 0.15) is 0 Å². The number of rotatable bonds is 16. The van der Waals surface area contributed by atoms with Crippen molar-refractivity contribution >= 4 is 5.97 Å². The SMILES string of the molecule is CCCCCCC(=O)OCCC(CCCCC)CCCCC. The molecular weight excluding hydrogens is 272 g/mol. The van der Waals surface area contributed by atoms with Gasteiger partial charge in [-0.1, -0.05) is 91.4 Å². The maximum atomic E-state index is 11.7. The van der Waals surface area contributed by atoms with Crippen molar-refractivity contribution in [3.63, 3.8) is 0 Å². The van der Waals surface area contributed by atoms with Gasteiger partial charge in [-0.25, -0.2) is 0 Å². The Labute approximate surface area is 139 Å². The highest BCUT2D eigenvalue weighted by Crippen LogP contribution is 2.21. The van der Waals surface area contributed by atoms with Gasteiger partial charge in [0.2, 0.25) is 0 Å². The Balaban J connectivity index is 3.76. The highest BCUT2D eigenvalue weighted by Gasteiger charge is 2.10. The van der Waals surface area contributed by atoms with Crippen molar-refractivity contribution in [3.05, 3.63) is 0 Å². The predicted molar refractivity (Wildman–Crippen MR) is 96.1 cm³/mol. The molecule has 0 aliphatic rings. The van der Waals surface area contributed by atoms with E-state index in [0.29, 0.717) is 13.0 Å². The molecule has 2 heteroatoms. The zero-order chi connectivity index (χ0) is 16.5. The average Bonchev–Trinajstić information content (AvgIpc) is 2.51. The quantitative estimate of drug-likeness (QED) is 0.235. The molecule has 132 valence electrons. The van der Waals surface area contributed by atoms with Gasteiger partial charge in [0, 0.05) is 6.42 Å². The fourth-order valence-corrected chi connectivity index (χ4v) is 2.91. The summed E-state index contributed by atoms with van der Waals surface area (Å²) >= 11 is 0. The highest BCUT2D eigenvalue weighted by molar-refractivity contribution is 5.69. The van der Waals surface area contributed by atoms with Crippen LogP contribution in [0.3, 0.4) is 0 Å². The molecule has 0 rings (SSSR count). The minimum Gasteiger partial charge on any atom is -0.466 e. The van der Waals surface area contributed by atoms with E-state index < -0.39 is 0 Å². The van der Waals surface area contributed by atoms with Gasteiger partial charge in [-0.3, -0.25) is 4.79 Å². The van der Waals surface area contributed by atoms with E-state index in [1.54, 1.807) is 0 Å². The summed E-state index contributed by atoms with van der Waals surface area (Å²) in [6, 6.07) is 0. The highest BCUT2D eigenvalue weighted by atomic mass is 16.5. The van der Waals surface area contributed by atoms with Gasteiger partial charge in [-0.2, -0.15) is 0 Å². The van der Waals surface area contributed by atoms with Crippen LogP contribution in [0, 0.1) is 5.92 Å². The molecule has 0 fully saturated rings. The first-order valence-electron chi connectivity index (χ1n) is 9.90. The number of hydrogen-bond donors (Lipinski definition) is 0. The minimum atomic E-state index is 0.0111. The van der Waals surface area contributed by atoms with Crippen LogP contribution in [0.5, 0.6) is 0 Å². The first-order chi connectivity index (χ1) is 10.7. The van der Waals surface area contributed by atoms with Crippen LogP contribution >= 0.6 is 0 Å². The van der Waals surface area contributed by atoms with Gasteiger partial charge < -0.3 is 4.74 Å². The molecule has 0 amide bonds. The molecule has 0 heterocycles. The van der Waals surface area contributed by atoms with Crippen molar-refractivity contribution in [2.45, 2.75) is 111 Å². The van der Waals surface area contributed by atoms with E-state index in [4.69, 9.17) is 4.74 Å². The first kappa shape index (κ1) is 21.5. The third-order valence-corrected chi connectivity index (χ3v) is 4.46. The summed E-state index contributed by atoms with van der Waals surface area (Å²) in [6.07, 6.45) is 16.8. The third kappa shape index (κ3) is 14.4. The summed E-state index contributed by atoms with van der Waals surface area (Å²) in [4.78, 5) is 11.7. The average molecular weight is 313 g/mol. The van der Waals surface area contributed by atoms with Crippen LogP contribution in [0.4, 0.5) is 0 Å². The van der Waals surface area contributed by atoms with Crippen molar-refractivity contribution in [2.75, 3.05) is 6.61 Å². The fraction of sp³-hybridized carbons (Fsp3) is 0.950. The summed E-state index contributed by atoms with van der Waals surface area (Å²) in [5.41, 5.74) is 0. The predicted octanol–water partition coefficient (Wildman–Crippen LogP) is 6.67. The van der Waals surface area contributed by atoms with Crippen LogP contribution in [0.2, 0.25) is 0 Å². The molecule has 0 aliphatic heterocycles. The summed E-state index contributed by atoms with van der Waals surface area (Å²) in [5, 5.41) is 0. The summed E-state index contributed by atoms with van der Waals surface area (Å²) in [5.74, 6) is 0.767. The number of unbranched alkanes of at least 4 members (excludes halogenated alkanes) is 7. The molecule has 0 aromatic heterocycles. The van der Waals surface area contributed by atoms with E-state index in [-0.39, 0.29) is 5.97 Å². The maximum absolute atomic E-state index is 11.7. The van der Waals surface area contributed by atoms with E-state index in [1.165, 1.54) is 64.2 Å². The van der Waals surface area contributed by atoms with E-state index in [9.17, 15) is 4.79 Å². The normalized spacial score (nSPS) is 11.1. The van der Waals surface area contributed by atoms with Gasteiger partial charge in [0.25, 0.3) is 0 Å². The van der Waals surface area contributed by atoms with Crippen molar-refractivity contribution in [1.82, 2.24) is 0 Å². The van der Waals surface area contributed by atoms with Gasteiger partial charge in [-0.05, 0) is 18.8 Å². The Kier molecular flexibility index (Phi) is 16.4. The number of hydrogen-bond acceptors (Lipinski definition) is 2. The Bertz CT molecular complexity index is 228. The monoisotopic (exact) mass is 312 g/mol. The summed E-state index contributed by atoms with van der Waals surface area (Å²) in [7, 11) is 0. The van der Waals surface area contributed by atoms with E-state index >= 15 is 0 Å². The zero-order valence-electron chi connectivity index (χ0n) is 15.5. The van der Waals surface area contributed by atoms with E-state index in [1.807, 2.05) is 0 Å². The summed E-state index contributed by atoms with van der Waals surface area (Å²) in [6.45, 7) is 7.34. The van der Waals surface area contributed by atoms with Crippen LogP contribution in [-0.2, 0) is 9.53 Å². The Morgan fingerprint density at radius 3 is 1.82 bits per heavy atom. The molecule has 22 heavy (non-hydrogen) atoms. The second kappa shape index (κ2) is 16.8. The Morgan fingerprint density at radius 1 is 0.727 bits per heavy atom. The van der Waals surface area contributed by atoms with Crippen molar-refractivity contribution in [1.29, 1.82) is 0 Å². The number of carbonyl (C=O) groups excluding carboxylic acids is 1. The molecule has 0 saturated heterocycles. The molecule has 0 atom stereocenters. The Hall–Kier alpha value is -0.530. The van der Waals surface area contributed by atoms with Crippen LogP contribution in [0.1, 0.15) is 111 Å². The van der Waals surface area contributed by atoms with Gasteiger partial charge >= 0.3 is 5.97 Å². The van der Waals surface area contributed by atoms with Crippen molar-refractivity contribution in [3.8, 4) is 0 Å². The smallest absolute Gasteiger partial charge is 0.305 e. The number of esters is 1. The second-order valence-electron chi connectivity index (χ2n) is 6.68. The van der Waals surface area contributed by atoms with E-state index in [2.05, 4.69) is 20.8 Å². The molecule has 0 aromatic carbocycles. The molecular formula is C20H40O2. The maximum Gasteiger partial charge on any atom is 0.305 e. The van der Waals surface area contributed by atoms with Crippen molar-refractivity contribution in [2.24, 2.45) is 5.92 Å². The molecule has 0 bridgehead atoms. The lowest BCUT2D eigenvalue weighted by Crippen LogP contribution is -2.10. The molecule has 0 aromatic rings. The third-order valence-electron chi connectivity index (χ3n) is 4.46. The van der Waals surface area contributed by atoms with Crippen LogP contribution in [0.15, 0.2) is 0 Å². The number of ether oxygens (including phenoxy) is 1. The lowest BCUT2D eigenvalue weighted by molar-refractivity contribution is -0.144.